The minimum Gasteiger partial charge on any atom is -0.507 e. The van der Waals surface area contributed by atoms with Gasteiger partial charge in [-0.15, -0.1) is 0 Å². The molecule has 166 valence electrons. The fourth-order valence-electron chi connectivity index (χ4n) is 4.50. The monoisotopic (exact) mass is 458 g/mol. The van der Waals surface area contributed by atoms with Crippen molar-refractivity contribution < 1.29 is 20.4 Å². The van der Waals surface area contributed by atoms with Gasteiger partial charge in [0.25, 0.3) is 0 Å². The van der Waals surface area contributed by atoms with E-state index in [1.165, 1.54) is 0 Å². The first-order valence-electron chi connectivity index (χ1n) is 10.9. The molecule has 0 aromatic heterocycles. The summed E-state index contributed by atoms with van der Waals surface area (Å²) in [6.45, 7) is 0. The van der Waals surface area contributed by atoms with Gasteiger partial charge in [0, 0.05) is 16.7 Å². The van der Waals surface area contributed by atoms with Gasteiger partial charge in [0.15, 0.2) is 0 Å². The molecule has 6 bridgehead atoms. The van der Waals surface area contributed by atoms with Crippen LogP contribution in [0.5, 0.6) is 23.0 Å². The van der Waals surface area contributed by atoms with Gasteiger partial charge in [-0.25, -0.2) is 0 Å². The van der Waals surface area contributed by atoms with Crippen LogP contribution in [0.3, 0.4) is 0 Å². The Kier molecular flexibility index (Phi) is 5.39. The Morgan fingerprint density at radius 1 is 0.455 bits per heavy atom. The highest BCUT2D eigenvalue weighted by Gasteiger charge is 2.16. The van der Waals surface area contributed by atoms with Crippen molar-refractivity contribution in [3.05, 3.63) is 94.0 Å². The molecule has 2 aliphatic carbocycles. The highest BCUT2D eigenvalue weighted by molar-refractivity contribution is 6.32. The molecule has 0 saturated heterocycles. The maximum atomic E-state index is 10.8. The fourth-order valence-corrected chi connectivity index (χ4v) is 4.66. The van der Waals surface area contributed by atoms with Gasteiger partial charge in [0.2, 0.25) is 0 Å². The van der Waals surface area contributed by atoms with Gasteiger partial charge in [-0.1, -0.05) is 35.9 Å². The molecule has 6 rings (SSSR count). The molecule has 33 heavy (non-hydrogen) atoms. The lowest BCUT2D eigenvalue weighted by Crippen LogP contribution is -1.98. The Hall–Kier alpha value is -3.63. The van der Waals surface area contributed by atoms with E-state index in [1.807, 2.05) is 36.4 Å². The van der Waals surface area contributed by atoms with E-state index in [0.29, 0.717) is 42.4 Å². The Bertz CT molecular complexity index is 1380. The molecular weight excluding hydrogens is 436 g/mol. The summed E-state index contributed by atoms with van der Waals surface area (Å²) in [5, 5.41) is 42.3. The smallest absolute Gasteiger partial charge is 0.134 e. The average molecular weight is 459 g/mol. The van der Waals surface area contributed by atoms with Crippen molar-refractivity contribution in [2.75, 3.05) is 0 Å². The van der Waals surface area contributed by atoms with Crippen molar-refractivity contribution in [1.29, 1.82) is 0 Å². The number of hydrogen-bond acceptors (Lipinski definition) is 4. The van der Waals surface area contributed by atoms with Crippen molar-refractivity contribution in [2.24, 2.45) is 0 Å². The summed E-state index contributed by atoms with van der Waals surface area (Å²) in [6, 6.07) is 19.8. The topological polar surface area (TPSA) is 80.9 Å². The lowest BCUT2D eigenvalue weighted by Gasteiger charge is -2.16. The van der Waals surface area contributed by atoms with E-state index >= 15 is 0 Å². The van der Waals surface area contributed by atoms with E-state index < -0.39 is 0 Å². The van der Waals surface area contributed by atoms with Gasteiger partial charge in [-0.3, -0.25) is 0 Å². The molecule has 0 aliphatic heterocycles. The number of hydrogen-bond donors (Lipinski definition) is 4. The van der Waals surface area contributed by atoms with Crippen LogP contribution >= 0.6 is 11.6 Å². The molecule has 0 amide bonds. The quantitative estimate of drug-likeness (QED) is 0.246. The maximum Gasteiger partial charge on any atom is 0.134 e. The van der Waals surface area contributed by atoms with Gasteiger partial charge >= 0.3 is 0 Å². The van der Waals surface area contributed by atoms with Gasteiger partial charge in [0.05, 0.1) is 5.02 Å². The predicted octanol–water partition coefficient (Wildman–Crippen LogP) is 6.38. The van der Waals surface area contributed by atoms with Gasteiger partial charge < -0.3 is 20.4 Å². The number of aromatic hydroxyl groups is 4. The summed E-state index contributed by atoms with van der Waals surface area (Å²) < 4.78 is 0. The van der Waals surface area contributed by atoms with E-state index in [9.17, 15) is 20.4 Å². The lowest BCUT2D eigenvalue weighted by atomic mass is 9.91. The van der Waals surface area contributed by atoms with Crippen molar-refractivity contribution >= 4 is 11.6 Å². The summed E-state index contributed by atoms with van der Waals surface area (Å²) in [4.78, 5) is 0. The Morgan fingerprint density at radius 3 is 1.61 bits per heavy atom. The first-order chi connectivity index (χ1) is 15.9. The van der Waals surface area contributed by atoms with Crippen molar-refractivity contribution in [3.8, 4) is 45.3 Å². The molecule has 0 spiro atoms. The third-order valence-corrected chi connectivity index (χ3v) is 6.63. The molecule has 4 aromatic rings. The molecular formula is C28H23ClO4. The molecule has 2 aliphatic rings. The summed E-state index contributed by atoms with van der Waals surface area (Å²) in [7, 11) is 0. The summed E-state index contributed by atoms with van der Waals surface area (Å²) >= 11 is 6.22. The number of halogens is 1. The number of rotatable bonds is 0. The van der Waals surface area contributed by atoms with Gasteiger partial charge in [0.1, 0.15) is 23.0 Å². The Balaban J connectivity index is 1.69. The zero-order chi connectivity index (χ0) is 23.1. The van der Waals surface area contributed by atoms with E-state index in [1.54, 1.807) is 30.3 Å². The molecule has 0 atom stereocenters. The Morgan fingerprint density at radius 2 is 1.00 bits per heavy atom. The highest BCUT2D eigenvalue weighted by Crippen LogP contribution is 2.40. The number of benzene rings is 4. The SMILES string of the molecule is Oc1cc2c(cc1Cl)-c1ccc(cc1O)CCc1ccc(O)c(c1)-c1cc(ccc1O)CC2. The van der Waals surface area contributed by atoms with E-state index in [-0.39, 0.29) is 28.0 Å². The molecule has 0 saturated carbocycles. The fraction of sp³-hybridized carbons (Fsp3) is 0.143. The lowest BCUT2D eigenvalue weighted by molar-refractivity contribution is 0.469. The van der Waals surface area contributed by atoms with Crippen LogP contribution in [0.15, 0.2) is 66.7 Å². The number of phenolic OH excluding ortho intramolecular Hbond substituents is 4. The number of aryl methyl sites for hydroxylation is 4. The molecule has 4 aromatic carbocycles. The standard InChI is InChI=1S/C28H23ClO4/c29-24-15-21-19(14-28(24)33)7-3-17-6-10-26(31)23(12-17)22-11-16(5-9-25(22)30)1-2-18-4-8-20(21)27(32)13-18/h4-6,8-15,30-33H,1-3,7H2. The van der Waals surface area contributed by atoms with Crippen LogP contribution in [-0.2, 0) is 25.7 Å². The minimum atomic E-state index is -0.00550. The van der Waals surface area contributed by atoms with Crippen LogP contribution in [-0.4, -0.2) is 20.4 Å². The van der Waals surface area contributed by atoms with E-state index in [0.717, 1.165) is 27.8 Å². The Labute approximate surface area is 197 Å². The van der Waals surface area contributed by atoms with E-state index in [4.69, 9.17) is 11.6 Å². The molecule has 0 radical (unpaired) electrons. The van der Waals surface area contributed by atoms with Crippen LogP contribution < -0.4 is 0 Å². The number of fused-ring (bicyclic) bond motifs is 4. The second-order valence-corrected chi connectivity index (χ2v) is 8.92. The second-order valence-electron chi connectivity index (χ2n) is 8.52. The van der Waals surface area contributed by atoms with Crippen molar-refractivity contribution in [3.63, 3.8) is 0 Å². The van der Waals surface area contributed by atoms with Crippen LogP contribution in [0, 0.1) is 0 Å². The van der Waals surface area contributed by atoms with Crippen LogP contribution in [0.1, 0.15) is 22.3 Å². The first-order valence-corrected chi connectivity index (χ1v) is 11.2. The van der Waals surface area contributed by atoms with Gasteiger partial charge in [-0.2, -0.15) is 0 Å². The molecule has 0 fully saturated rings. The summed E-state index contributed by atoms with van der Waals surface area (Å²) in [5.41, 5.74) is 6.44. The van der Waals surface area contributed by atoms with Crippen molar-refractivity contribution in [2.45, 2.75) is 25.7 Å². The predicted molar refractivity (Wildman–Crippen MR) is 130 cm³/mol. The third-order valence-electron chi connectivity index (χ3n) is 6.32. The molecule has 4 N–H and O–H groups in total. The third kappa shape index (κ3) is 4.10. The largest absolute Gasteiger partial charge is 0.507 e. The average Bonchev–Trinajstić information content (AvgIpc) is 2.80. The van der Waals surface area contributed by atoms with E-state index in [2.05, 4.69) is 0 Å². The second kappa shape index (κ2) is 8.38. The van der Waals surface area contributed by atoms with Crippen LogP contribution in [0.25, 0.3) is 22.3 Å². The molecule has 4 nitrogen and oxygen atoms in total. The summed E-state index contributed by atoms with van der Waals surface area (Å²) in [5.74, 6) is 0.381. The van der Waals surface area contributed by atoms with Crippen molar-refractivity contribution in [1.82, 2.24) is 0 Å². The number of phenols is 4. The zero-order valence-corrected chi connectivity index (χ0v) is 18.6. The molecule has 0 unspecified atom stereocenters. The van der Waals surface area contributed by atoms with Gasteiger partial charge in [-0.05, 0) is 96.0 Å². The molecule has 5 heteroatoms. The minimum absolute atomic E-state index is 0.00550. The first kappa shape index (κ1) is 21.2. The normalized spacial score (nSPS) is 13.0. The summed E-state index contributed by atoms with van der Waals surface area (Å²) in [6.07, 6.45) is 2.62. The zero-order valence-electron chi connectivity index (χ0n) is 17.8. The van der Waals surface area contributed by atoms with Crippen LogP contribution in [0.4, 0.5) is 0 Å². The highest BCUT2D eigenvalue weighted by atomic mass is 35.5. The maximum absolute atomic E-state index is 10.8. The molecule has 0 heterocycles. The van der Waals surface area contributed by atoms with Crippen LogP contribution in [0.2, 0.25) is 5.02 Å².